The maximum Gasteiger partial charge on any atom is 0.252 e. The lowest BCUT2D eigenvalue weighted by Crippen LogP contribution is -2.26. The van der Waals surface area contributed by atoms with Crippen molar-refractivity contribution in [3.05, 3.63) is 63.6 Å². The Bertz CT molecular complexity index is 672. The summed E-state index contributed by atoms with van der Waals surface area (Å²) in [4.78, 5) is 12.1. The van der Waals surface area contributed by atoms with E-state index < -0.39 is 11.6 Å². The van der Waals surface area contributed by atoms with Crippen LogP contribution in [0.4, 0.5) is 8.78 Å². The minimum absolute atomic E-state index is 0.269. The van der Waals surface area contributed by atoms with Gasteiger partial charge in [-0.2, -0.15) is 0 Å². The van der Waals surface area contributed by atoms with Gasteiger partial charge in [0.1, 0.15) is 17.4 Å². The van der Waals surface area contributed by atoms with Crippen LogP contribution >= 0.6 is 15.9 Å². The molecule has 0 bridgehead atoms. The predicted molar refractivity (Wildman–Crippen MR) is 83.1 cm³/mol. The molecule has 0 aliphatic heterocycles. The number of rotatable bonds is 5. The molecule has 0 fully saturated rings. The van der Waals surface area contributed by atoms with Gasteiger partial charge in [-0.15, -0.1) is 0 Å². The van der Waals surface area contributed by atoms with Gasteiger partial charge in [-0.1, -0.05) is 0 Å². The van der Waals surface area contributed by atoms with E-state index in [9.17, 15) is 13.6 Å². The van der Waals surface area contributed by atoms with Gasteiger partial charge in [-0.3, -0.25) is 4.79 Å². The van der Waals surface area contributed by atoms with Crippen LogP contribution < -0.4 is 10.1 Å². The average Bonchev–Trinajstić information content (AvgIpc) is 2.46. The number of benzene rings is 2. The molecule has 0 aromatic heterocycles. The predicted octanol–water partition coefficient (Wildman–Crippen LogP) is 3.71. The van der Waals surface area contributed by atoms with Crippen molar-refractivity contribution >= 4 is 21.8 Å². The van der Waals surface area contributed by atoms with Gasteiger partial charge in [0.15, 0.2) is 0 Å². The number of ether oxygens (including phenoxy) is 1. The van der Waals surface area contributed by atoms with Crippen LogP contribution in [0.25, 0.3) is 0 Å². The van der Waals surface area contributed by atoms with Crippen LogP contribution in [-0.4, -0.2) is 19.6 Å². The Balaban J connectivity index is 1.98. The number of nitrogens with one attached hydrogen (secondary N) is 1. The molecular formula is C16H14BrF2NO2. The summed E-state index contributed by atoms with van der Waals surface area (Å²) < 4.78 is 31.9. The quantitative estimate of drug-likeness (QED) is 0.872. The second-order valence-electron chi connectivity index (χ2n) is 4.63. The highest BCUT2D eigenvalue weighted by Crippen LogP contribution is 2.22. The summed E-state index contributed by atoms with van der Waals surface area (Å²) in [7, 11) is 1.52. The minimum Gasteiger partial charge on any atom is -0.497 e. The third kappa shape index (κ3) is 4.27. The van der Waals surface area contributed by atoms with E-state index in [1.54, 1.807) is 18.2 Å². The first-order chi connectivity index (χ1) is 10.5. The first-order valence-electron chi connectivity index (χ1n) is 6.56. The van der Waals surface area contributed by atoms with Gasteiger partial charge in [0.2, 0.25) is 0 Å². The fourth-order valence-electron chi connectivity index (χ4n) is 1.98. The molecule has 0 aliphatic carbocycles. The van der Waals surface area contributed by atoms with Crippen molar-refractivity contribution in [1.82, 2.24) is 5.32 Å². The normalized spacial score (nSPS) is 10.4. The zero-order valence-electron chi connectivity index (χ0n) is 11.8. The molecule has 0 saturated heterocycles. The van der Waals surface area contributed by atoms with Crippen LogP contribution in [0.5, 0.6) is 5.75 Å². The summed E-state index contributed by atoms with van der Waals surface area (Å²) in [6.45, 7) is 0.269. The zero-order chi connectivity index (χ0) is 16.1. The summed E-state index contributed by atoms with van der Waals surface area (Å²) in [5.74, 6) is -0.975. The highest BCUT2D eigenvalue weighted by Gasteiger charge is 2.11. The van der Waals surface area contributed by atoms with Gasteiger partial charge in [0.25, 0.3) is 5.91 Å². The maximum atomic E-state index is 13.1. The molecule has 22 heavy (non-hydrogen) atoms. The van der Waals surface area contributed by atoms with E-state index in [-0.39, 0.29) is 12.5 Å². The van der Waals surface area contributed by atoms with Crippen LogP contribution in [0, 0.1) is 11.6 Å². The highest BCUT2D eigenvalue weighted by molar-refractivity contribution is 9.10. The fourth-order valence-corrected chi connectivity index (χ4v) is 2.40. The fraction of sp³-hybridized carbons (Fsp3) is 0.188. The molecule has 6 heteroatoms. The number of carbonyl (C=O) groups is 1. The van der Waals surface area contributed by atoms with E-state index in [0.29, 0.717) is 27.8 Å². The molecule has 1 N–H and O–H groups in total. The Kier molecular flexibility index (Phi) is 5.49. The number of methoxy groups -OCH3 is 1. The van der Waals surface area contributed by atoms with E-state index in [2.05, 4.69) is 21.2 Å². The Morgan fingerprint density at radius 2 is 1.86 bits per heavy atom. The number of amides is 1. The Labute approximate surface area is 135 Å². The topological polar surface area (TPSA) is 38.3 Å². The second-order valence-corrected chi connectivity index (χ2v) is 5.48. The molecule has 1 amide bonds. The lowest BCUT2D eigenvalue weighted by molar-refractivity contribution is 0.0953. The molecule has 2 aromatic rings. The Morgan fingerprint density at radius 1 is 1.18 bits per heavy atom. The molecule has 0 saturated carbocycles. The summed E-state index contributed by atoms with van der Waals surface area (Å²) in [5, 5.41) is 2.71. The van der Waals surface area contributed by atoms with Crippen LogP contribution in [0.2, 0.25) is 0 Å². The molecule has 0 radical (unpaired) electrons. The van der Waals surface area contributed by atoms with Crippen molar-refractivity contribution in [2.45, 2.75) is 6.42 Å². The summed E-state index contributed by atoms with van der Waals surface area (Å²) in [6.07, 6.45) is 0.335. The first kappa shape index (κ1) is 16.4. The molecule has 3 nitrogen and oxygen atoms in total. The standard InChI is InChI=1S/C16H14BrF2NO2/c1-22-13-2-3-15(17)14(9-13)16(21)20-5-4-10-6-11(18)8-12(19)7-10/h2-3,6-9H,4-5H2,1H3,(H,20,21). The molecular weight excluding hydrogens is 356 g/mol. The van der Waals surface area contributed by atoms with Gasteiger partial charge >= 0.3 is 0 Å². The van der Waals surface area contributed by atoms with Crippen LogP contribution in [0.15, 0.2) is 40.9 Å². The number of hydrogen-bond donors (Lipinski definition) is 1. The molecule has 0 unspecified atom stereocenters. The SMILES string of the molecule is COc1ccc(Br)c(C(=O)NCCc2cc(F)cc(F)c2)c1. The van der Waals surface area contributed by atoms with Gasteiger partial charge in [0, 0.05) is 17.1 Å². The highest BCUT2D eigenvalue weighted by atomic mass is 79.9. The van der Waals surface area contributed by atoms with Gasteiger partial charge in [0.05, 0.1) is 12.7 Å². The first-order valence-corrected chi connectivity index (χ1v) is 7.35. The van der Waals surface area contributed by atoms with Gasteiger partial charge in [-0.05, 0) is 58.2 Å². The third-order valence-electron chi connectivity index (χ3n) is 3.04. The minimum atomic E-state index is -0.628. The summed E-state index contributed by atoms with van der Waals surface area (Å²) >= 11 is 3.30. The van der Waals surface area contributed by atoms with Crippen molar-refractivity contribution in [1.29, 1.82) is 0 Å². The van der Waals surface area contributed by atoms with Gasteiger partial charge < -0.3 is 10.1 Å². The monoisotopic (exact) mass is 369 g/mol. The van der Waals surface area contributed by atoms with Crippen molar-refractivity contribution in [3.63, 3.8) is 0 Å². The molecule has 0 spiro atoms. The van der Waals surface area contributed by atoms with E-state index in [1.165, 1.54) is 19.2 Å². The summed E-state index contributed by atoms with van der Waals surface area (Å²) in [5.41, 5.74) is 0.923. The maximum absolute atomic E-state index is 13.1. The van der Waals surface area contributed by atoms with Crippen molar-refractivity contribution in [2.24, 2.45) is 0 Å². The molecule has 0 atom stereocenters. The van der Waals surface area contributed by atoms with Crippen LogP contribution in [0.3, 0.4) is 0 Å². The van der Waals surface area contributed by atoms with Crippen molar-refractivity contribution in [3.8, 4) is 5.75 Å². The second kappa shape index (κ2) is 7.35. The van der Waals surface area contributed by atoms with Crippen LogP contribution in [-0.2, 0) is 6.42 Å². The van der Waals surface area contributed by atoms with E-state index in [1.807, 2.05) is 0 Å². The Hall–Kier alpha value is -1.95. The van der Waals surface area contributed by atoms with Crippen LogP contribution in [0.1, 0.15) is 15.9 Å². The molecule has 2 rings (SSSR count). The zero-order valence-corrected chi connectivity index (χ0v) is 13.4. The largest absolute Gasteiger partial charge is 0.497 e. The Morgan fingerprint density at radius 3 is 2.50 bits per heavy atom. The molecule has 116 valence electrons. The lowest BCUT2D eigenvalue weighted by atomic mass is 10.1. The van der Waals surface area contributed by atoms with E-state index in [4.69, 9.17) is 4.74 Å². The van der Waals surface area contributed by atoms with E-state index in [0.717, 1.165) is 6.07 Å². The molecule has 2 aromatic carbocycles. The third-order valence-corrected chi connectivity index (χ3v) is 3.73. The smallest absolute Gasteiger partial charge is 0.252 e. The number of hydrogen-bond acceptors (Lipinski definition) is 2. The number of halogens is 3. The van der Waals surface area contributed by atoms with E-state index >= 15 is 0 Å². The molecule has 0 heterocycles. The average molecular weight is 370 g/mol. The van der Waals surface area contributed by atoms with Gasteiger partial charge in [-0.25, -0.2) is 8.78 Å². The number of carbonyl (C=O) groups excluding carboxylic acids is 1. The summed E-state index contributed by atoms with van der Waals surface area (Å²) in [6, 6.07) is 8.37. The lowest BCUT2D eigenvalue weighted by Gasteiger charge is -2.09. The molecule has 0 aliphatic rings. The van der Waals surface area contributed by atoms with Crippen molar-refractivity contribution in [2.75, 3.05) is 13.7 Å². The van der Waals surface area contributed by atoms with Crippen molar-refractivity contribution < 1.29 is 18.3 Å².